The first-order valence-corrected chi connectivity index (χ1v) is 5.41. The largest absolute Gasteiger partial charge is 1.00 e. The Morgan fingerprint density at radius 2 is 0.909 bits per heavy atom. The molecule has 0 spiro atoms. The molecule has 8 heteroatoms. The molecule has 6 nitrogen and oxygen atoms in total. The van der Waals surface area contributed by atoms with Crippen LogP contribution in [0.3, 0.4) is 0 Å². The van der Waals surface area contributed by atoms with Gasteiger partial charge in [-0.2, -0.15) is 0 Å². The maximum Gasteiger partial charge on any atom is 1.00 e. The van der Waals surface area contributed by atoms with E-state index in [1.54, 1.807) is 0 Å². The van der Waals surface area contributed by atoms with Gasteiger partial charge in [0.1, 0.15) is 0 Å². The first-order chi connectivity index (χ1) is 9.40. The zero-order valence-electron chi connectivity index (χ0n) is 12.1. The van der Waals surface area contributed by atoms with Gasteiger partial charge < -0.3 is 20.4 Å². The molecular formula is C14H10KNaO6. The minimum Gasteiger partial charge on any atom is -0.872 e. The van der Waals surface area contributed by atoms with Gasteiger partial charge in [0.2, 0.25) is 0 Å². The molecule has 0 aliphatic rings. The average Bonchev–Trinajstić information content (AvgIpc) is 2.40. The molecule has 0 aromatic heterocycles. The number of carboxylic acid groups (broad SMARTS) is 2. The van der Waals surface area contributed by atoms with E-state index in [-0.39, 0.29) is 104 Å². The summed E-state index contributed by atoms with van der Waals surface area (Å²) in [6, 6.07) is 10.0. The van der Waals surface area contributed by atoms with Gasteiger partial charge in [-0.1, -0.05) is 24.3 Å². The Bertz CT molecular complexity index is 542. The molecule has 0 atom stereocenters. The van der Waals surface area contributed by atoms with Gasteiger partial charge in [0.25, 0.3) is 0 Å². The van der Waals surface area contributed by atoms with Crippen LogP contribution in [-0.4, -0.2) is 22.2 Å². The van der Waals surface area contributed by atoms with Crippen molar-refractivity contribution in [2.75, 3.05) is 0 Å². The molecule has 22 heavy (non-hydrogen) atoms. The maximum atomic E-state index is 10.5. The first kappa shape index (κ1) is 23.9. The SMILES string of the molecule is O=C(O)c1ccc([O-])cc1.O=C(O)c1ccc([O-])cc1.[K+].[Na+]. The molecule has 2 aromatic carbocycles. The number of aromatic carboxylic acids is 2. The molecule has 0 saturated carbocycles. The fraction of sp³-hybridized carbons (Fsp3) is 0. The van der Waals surface area contributed by atoms with Crippen molar-refractivity contribution >= 4 is 11.9 Å². The molecule has 0 bridgehead atoms. The van der Waals surface area contributed by atoms with Crippen molar-refractivity contribution < 1.29 is 111 Å². The Balaban J connectivity index is 0. The van der Waals surface area contributed by atoms with E-state index in [2.05, 4.69) is 0 Å². The molecule has 0 unspecified atom stereocenters. The summed E-state index contributed by atoms with van der Waals surface area (Å²) < 4.78 is 0. The summed E-state index contributed by atoms with van der Waals surface area (Å²) in [5.41, 5.74) is 0.277. The summed E-state index contributed by atoms with van der Waals surface area (Å²) in [5, 5.41) is 37.6. The van der Waals surface area contributed by atoms with Crippen LogP contribution in [0.1, 0.15) is 20.7 Å². The smallest absolute Gasteiger partial charge is 0.872 e. The second-order valence-corrected chi connectivity index (χ2v) is 3.66. The van der Waals surface area contributed by atoms with Crippen molar-refractivity contribution in [1.82, 2.24) is 0 Å². The summed E-state index contributed by atoms with van der Waals surface area (Å²) in [4.78, 5) is 20.4. The van der Waals surface area contributed by atoms with E-state index >= 15 is 0 Å². The number of rotatable bonds is 2. The monoisotopic (exact) mass is 336 g/mol. The Labute approximate surface area is 191 Å². The molecule has 0 aliphatic carbocycles. The van der Waals surface area contributed by atoms with Crippen molar-refractivity contribution in [1.29, 1.82) is 0 Å². The van der Waals surface area contributed by atoms with Crippen LogP contribution >= 0.6 is 0 Å². The van der Waals surface area contributed by atoms with Gasteiger partial charge in [0.15, 0.2) is 0 Å². The van der Waals surface area contributed by atoms with Crippen LogP contribution in [0, 0.1) is 0 Å². The Hall–Kier alpha value is -0.384. The molecule has 0 amide bonds. The number of carboxylic acids is 2. The Morgan fingerprint density at radius 1 is 0.682 bits per heavy atom. The molecule has 0 fully saturated rings. The molecular weight excluding hydrogens is 326 g/mol. The molecule has 104 valence electrons. The van der Waals surface area contributed by atoms with Crippen molar-refractivity contribution in [2.45, 2.75) is 0 Å². The fourth-order valence-electron chi connectivity index (χ4n) is 1.20. The third-order valence-corrected chi connectivity index (χ3v) is 2.20. The van der Waals surface area contributed by atoms with E-state index in [4.69, 9.17) is 10.2 Å². The van der Waals surface area contributed by atoms with E-state index in [1.165, 1.54) is 48.5 Å². The second kappa shape index (κ2) is 12.1. The summed E-state index contributed by atoms with van der Waals surface area (Å²) in [5.74, 6) is -2.38. The van der Waals surface area contributed by atoms with E-state index in [0.29, 0.717) is 0 Å². The molecule has 2 rings (SSSR count). The Kier molecular flexibility index (Phi) is 13.1. The molecule has 0 heterocycles. The van der Waals surface area contributed by atoms with Gasteiger partial charge in [-0.3, -0.25) is 0 Å². The normalized spacial score (nSPS) is 8.36. The van der Waals surface area contributed by atoms with Gasteiger partial charge in [-0.15, -0.1) is 11.5 Å². The summed E-state index contributed by atoms with van der Waals surface area (Å²) in [7, 11) is 0. The minimum atomic E-state index is -1.01. The van der Waals surface area contributed by atoms with Crippen LogP contribution in [0.4, 0.5) is 0 Å². The Morgan fingerprint density at radius 3 is 1.09 bits per heavy atom. The fourth-order valence-corrected chi connectivity index (χ4v) is 1.20. The van der Waals surface area contributed by atoms with Crippen LogP contribution in [0.15, 0.2) is 48.5 Å². The van der Waals surface area contributed by atoms with Crippen molar-refractivity contribution in [3.8, 4) is 11.5 Å². The summed E-state index contributed by atoms with van der Waals surface area (Å²) in [6.07, 6.45) is 0. The van der Waals surface area contributed by atoms with Gasteiger partial charge in [-0.05, 0) is 24.3 Å². The minimum absolute atomic E-state index is 0. The molecule has 0 radical (unpaired) electrons. The zero-order valence-corrected chi connectivity index (χ0v) is 17.3. The first-order valence-electron chi connectivity index (χ1n) is 5.41. The quantitative estimate of drug-likeness (QED) is 0.530. The maximum absolute atomic E-state index is 10.5. The van der Waals surface area contributed by atoms with E-state index in [1.807, 2.05) is 0 Å². The molecule has 2 N–H and O–H groups in total. The van der Waals surface area contributed by atoms with Crippen LogP contribution in [0.25, 0.3) is 0 Å². The number of hydrogen-bond acceptors (Lipinski definition) is 4. The van der Waals surface area contributed by atoms with Crippen molar-refractivity contribution in [3.63, 3.8) is 0 Å². The van der Waals surface area contributed by atoms with Gasteiger partial charge >= 0.3 is 92.9 Å². The predicted molar refractivity (Wildman–Crippen MR) is 65.7 cm³/mol. The number of benzene rings is 2. The zero-order chi connectivity index (χ0) is 15.1. The van der Waals surface area contributed by atoms with Crippen LogP contribution < -0.4 is 91.2 Å². The van der Waals surface area contributed by atoms with Gasteiger partial charge in [-0.25, -0.2) is 9.59 Å². The molecule has 0 saturated heterocycles. The summed E-state index contributed by atoms with van der Waals surface area (Å²) >= 11 is 0. The molecule has 2 aromatic rings. The van der Waals surface area contributed by atoms with Crippen molar-refractivity contribution in [3.05, 3.63) is 59.7 Å². The van der Waals surface area contributed by atoms with Crippen LogP contribution in [-0.2, 0) is 0 Å². The topological polar surface area (TPSA) is 121 Å². The van der Waals surface area contributed by atoms with Crippen LogP contribution in [0.2, 0.25) is 0 Å². The standard InChI is InChI=1S/2C7H6O3.K.Na/c2*8-6-3-1-5(2-4-6)7(9)10;;/h2*1-4,8H,(H,9,10);;/q;;2*+1/p-2. The third-order valence-electron chi connectivity index (χ3n) is 2.20. The summed E-state index contributed by atoms with van der Waals surface area (Å²) in [6.45, 7) is 0. The second-order valence-electron chi connectivity index (χ2n) is 3.66. The third kappa shape index (κ3) is 8.91. The van der Waals surface area contributed by atoms with Crippen LogP contribution in [0.5, 0.6) is 11.5 Å². The van der Waals surface area contributed by atoms with Gasteiger partial charge in [0, 0.05) is 0 Å². The van der Waals surface area contributed by atoms with Crippen molar-refractivity contribution in [2.24, 2.45) is 0 Å². The van der Waals surface area contributed by atoms with E-state index in [0.717, 1.165) is 0 Å². The number of carbonyl (C=O) groups is 2. The average molecular weight is 336 g/mol. The van der Waals surface area contributed by atoms with E-state index in [9.17, 15) is 19.8 Å². The molecule has 0 aliphatic heterocycles. The predicted octanol–water partition coefficient (Wildman–Crippen LogP) is -5.08. The van der Waals surface area contributed by atoms with E-state index < -0.39 is 11.9 Å². The van der Waals surface area contributed by atoms with Gasteiger partial charge in [0.05, 0.1) is 11.1 Å². The number of hydrogen-bond donors (Lipinski definition) is 2.